The molecule has 2 unspecified atom stereocenters. The minimum absolute atomic E-state index is 0.144. The van der Waals surface area contributed by atoms with Crippen LogP contribution in [-0.4, -0.2) is 25.3 Å². The van der Waals surface area contributed by atoms with Gasteiger partial charge in [0.25, 0.3) is 0 Å². The Morgan fingerprint density at radius 3 is 2.89 bits per heavy atom. The molecule has 0 spiro atoms. The number of rotatable bonds is 4. The van der Waals surface area contributed by atoms with Crippen LogP contribution in [-0.2, 0) is 4.74 Å². The zero-order valence-corrected chi connectivity index (χ0v) is 11.8. The molecule has 1 saturated heterocycles. The molecular weight excluding hydrogens is 248 g/mol. The number of halogens is 1. The van der Waals surface area contributed by atoms with Crippen LogP contribution >= 0.6 is 11.6 Å². The van der Waals surface area contributed by atoms with Gasteiger partial charge in [-0.2, -0.15) is 0 Å². The van der Waals surface area contributed by atoms with Crippen LogP contribution in [0.5, 0.6) is 0 Å². The number of benzene rings is 1. The van der Waals surface area contributed by atoms with E-state index in [9.17, 15) is 0 Å². The Morgan fingerprint density at radius 1 is 1.56 bits per heavy atom. The maximum absolute atomic E-state index is 6.15. The quantitative estimate of drug-likeness (QED) is 0.883. The molecule has 1 fully saturated rings. The van der Waals surface area contributed by atoms with E-state index in [1.165, 1.54) is 0 Å². The molecule has 1 heterocycles. The topological polar surface area (TPSA) is 47.3 Å². The maximum Gasteiger partial charge on any atom is 0.0518 e. The second-order valence-corrected chi connectivity index (χ2v) is 5.68. The molecule has 3 nitrogen and oxygen atoms in total. The molecule has 1 aromatic carbocycles. The van der Waals surface area contributed by atoms with Crippen molar-refractivity contribution in [1.82, 2.24) is 0 Å². The third-order valence-electron chi connectivity index (χ3n) is 3.86. The molecule has 2 rings (SSSR count). The lowest BCUT2D eigenvalue weighted by atomic mass is 9.84. The molecule has 0 aliphatic carbocycles. The normalized spacial score (nSPS) is 22.8. The smallest absolute Gasteiger partial charge is 0.0518 e. The molecule has 0 aromatic heterocycles. The summed E-state index contributed by atoms with van der Waals surface area (Å²) in [7, 11) is 0. The standard InChI is InChI=1S/C14H21ClN2O/c1-10-3-4-12(7-13(10)15)17-14(2,9-16)11-5-6-18-8-11/h3-4,7,11,17H,5-6,8-9,16H2,1-2H3. The van der Waals surface area contributed by atoms with Gasteiger partial charge in [-0.15, -0.1) is 0 Å². The largest absolute Gasteiger partial charge is 0.381 e. The fourth-order valence-corrected chi connectivity index (χ4v) is 2.54. The Balaban J connectivity index is 2.15. The molecule has 0 bridgehead atoms. The number of hydrogen-bond acceptors (Lipinski definition) is 3. The van der Waals surface area contributed by atoms with Crippen LogP contribution in [0.25, 0.3) is 0 Å². The van der Waals surface area contributed by atoms with E-state index in [0.717, 1.165) is 35.9 Å². The van der Waals surface area contributed by atoms with Crippen molar-refractivity contribution in [3.63, 3.8) is 0 Å². The summed E-state index contributed by atoms with van der Waals surface area (Å²) < 4.78 is 5.46. The Hall–Kier alpha value is -0.770. The molecule has 1 aromatic rings. The van der Waals surface area contributed by atoms with E-state index in [-0.39, 0.29) is 5.54 Å². The van der Waals surface area contributed by atoms with E-state index in [1.807, 2.05) is 25.1 Å². The lowest BCUT2D eigenvalue weighted by molar-refractivity contribution is 0.172. The number of hydrogen-bond donors (Lipinski definition) is 2. The van der Waals surface area contributed by atoms with Crippen LogP contribution < -0.4 is 11.1 Å². The van der Waals surface area contributed by atoms with Gasteiger partial charge < -0.3 is 15.8 Å². The van der Waals surface area contributed by atoms with Crippen LogP contribution in [0.1, 0.15) is 18.9 Å². The van der Waals surface area contributed by atoms with Crippen molar-refractivity contribution in [3.05, 3.63) is 28.8 Å². The van der Waals surface area contributed by atoms with E-state index in [1.54, 1.807) is 0 Å². The number of ether oxygens (including phenoxy) is 1. The first-order chi connectivity index (χ1) is 8.55. The second-order valence-electron chi connectivity index (χ2n) is 5.27. The number of anilines is 1. The highest BCUT2D eigenvalue weighted by atomic mass is 35.5. The summed E-state index contributed by atoms with van der Waals surface area (Å²) >= 11 is 6.15. The fourth-order valence-electron chi connectivity index (χ4n) is 2.36. The van der Waals surface area contributed by atoms with E-state index >= 15 is 0 Å². The summed E-state index contributed by atoms with van der Waals surface area (Å²) in [6, 6.07) is 6.03. The summed E-state index contributed by atoms with van der Waals surface area (Å²) in [4.78, 5) is 0. The van der Waals surface area contributed by atoms with Gasteiger partial charge >= 0.3 is 0 Å². The molecule has 1 aliphatic rings. The summed E-state index contributed by atoms with van der Waals surface area (Å²) in [6.07, 6.45) is 1.06. The second kappa shape index (κ2) is 5.47. The number of aryl methyl sites for hydroxylation is 1. The van der Waals surface area contributed by atoms with Gasteiger partial charge in [-0.05, 0) is 38.0 Å². The van der Waals surface area contributed by atoms with Crippen molar-refractivity contribution in [2.45, 2.75) is 25.8 Å². The summed E-state index contributed by atoms with van der Waals surface area (Å²) in [5.74, 6) is 0.447. The number of nitrogens with one attached hydrogen (secondary N) is 1. The molecular formula is C14H21ClN2O. The van der Waals surface area contributed by atoms with Crippen molar-refractivity contribution in [2.75, 3.05) is 25.1 Å². The molecule has 3 N–H and O–H groups in total. The lowest BCUT2D eigenvalue weighted by Gasteiger charge is -2.35. The molecule has 18 heavy (non-hydrogen) atoms. The molecule has 2 atom stereocenters. The summed E-state index contributed by atoms with van der Waals surface area (Å²) in [6.45, 7) is 6.34. The summed E-state index contributed by atoms with van der Waals surface area (Å²) in [5.41, 5.74) is 7.91. The monoisotopic (exact) mass is 268 g/mol. The third-order valence-corrected chi connectivity index (χ3v) is 4.26. The molecule has 4 heteroatoms. The van der Waals surface area contributed by atoms with E-state index in [4.69, 9.17) is 22.1 Å². The van der Waals surface area contributed by atoms with Gasteiger partial charge in [-0.25, -0.2) is 0 Å². The molecule has 100 valence electrons. The summed E-state index contributed by atoms with van der Waals surface area (Å²) in [5, 5.41) is 4.31. The average Bonchev–Trinajstić information content (AvgIpc) is 2.88. The minimum Gasteiger partial charge on any atom is -0.381 e. The molecule has 1 aliphatic heterocycles. The van der Waals surface area contributed by atoms with Gasteiger partial charge in [0.2, 0.25) is 0 Å². The predicted octanol–water partition coefficient (Wildman–Crippen LogP) is 2.81. The predicted molar refractivity (Wildman–Crippen MR) is 76.2 cm³/mol. The van der Waals surface area contributed by atoms with Crippen molar-refractivity contribution < 1.29 is 4.74 Å². The van der Waals surface area contributed by atoms with Crippen LogP contribution in [0.15, 0.2) is 18.2 Å². The van der Waals surface area contributed by atoms with Gasteiger partial charge in [0.05, 0.1) is 12.1 Å². The van der Waals surface area contributed by atoms with Crippen molar-refractivity contribution in [3.8, 4) is 0 Å². The minimum atomic E-state index is -0.144. The van der Waals surface area contributed by atoms with Crippen molar-refractivity contribution in [1.29, 1.82) is 0 Å². The highest BCUT2D eigenvalue weighted by Crippen LogP contribution is 2.30. The first kappa shape index (κ1) is 13.7. The third kappa shape index (κ3) is 2.79. The fraction of sp³-hybridized carbons (Fsp3) is 0.571. The zero-order chi connectivity index (χ0) is 13.2. The van der Waals surface area contributed by atoms with Crippen molar-refractivity contribution in [2.24, 2.45) is 11.7 Å². The van der Waals surface area contributed by atoms with Crippen molar-refractivity contribution >= 4 is 17.3 Å². The zero-order valence-electron chi connectivity index (χ0n) is 11.0. The van der Waals surface area contributed by atoms with Crippen LogP contribution in [0.3, 0.4) is 0 Å². The Morgan fingerprint density at radius 2 is 2.33 bits per heavy atom. The number of nitrogens with two attached hydrogens (primary N) is 1. The first-order valence-electron chi connectivity index (χ1n) is 6.37. The van der Waals surface area contributed by atoms with E-state index in [0.29, 0.717) is 12.5 Å². The van der Waals surface area contributed by atoms with Crippen LogP contribution in [0.2, 0.25) is 5.02 Å². The van der Waals surface area contributed by atoms with Crippen LogP contribution in [0, 0.1) is 12.8 Å². The SMILES string of the molecule is Cc1ccc(NC(C)(CN)C2CCOC2)cc1Cl. The highest BCUT2D eigenvalue weighted by Gasteiger charge is 2.35. The van der Waals surface area contributed by atoms with E-state index < -0.39 is 0 Å². The Labute approximate surface area is 114 Å². The molecule has 0 amide bonds. The Bertz CT molecular complexity index is 418. The van der Waals surface area contributed by atoms with Gasteiger partial charge in [0, 0.05) is 29.8 Å². The van der Waals surface area contributed by atoms with Gasteiger partial charge in [0.1, 0.15) is 0 Å². The lowest BCUT2D eigenvalue weighted by Crippen LogP contribution is -2.49. The highest BCUT2D eigenvalue weighted by molar-refractivity contribution is 6.31. The van der Waals surface area contributed by atoms with Gasteiger partial charge in [0.15, 0.2) is 0 Å². The maximum atomic E-state index is 6.15. The Kier molecular flexibility index (Phi) is 4.15. The van der Waals surface area contributed by atoms with Gasteiger partial charge in [-0.3, -0.25) is 0 Å². The van der Waals surface area contributed by atoms with E-state index in [2.05, 4.69) is 12.2 Å². The first-order valence-corrected chi connectivity index (χ1v) is 6.75. The molecule has 0 radical (unpaired) electrons. The average molecular weight is 269 g/mol. The molecule has 0 saturated carbocycles. The van der Waals surface area contributed by atoms with Gasteiger partial charge in [-0.1, -0.05) is 17.7 Å². The van der Waals surface area contributed by atoms with Crippen LogP contribution in [0.4, 0.5) is 5.69 Å².